The summed E-state index contributed by atoms with van der Waals surface area (Å²) < 4.78 is 26.2. The number of nitrogens with zero attached hydrogens (tertiary/aromatic N) is 4. The number of benzene rings is 1. The zero-order valence-corrected chi connectivity index (χ0v) is 21.7. The molecule has 0 spiro atoms. The summed E-state index contributed by atoms with van der Waals surface area (Å²) in [7, 11) is 0. The van der Waals surface area contributed by atoms with Gasteiger partial charge in [0.25, 0.3) is 0 Å². The van der Waals surface area contributed by atoms with E-state index < -0.39 is 0 Å². The Bertz CT molecular complexity index is 1090. The Balaban J connectivity index is 1.10. The number of rotatable bonds is 7. The standard InChI is InChI=1S/C29H37FN4O3/c1-2-21-18-31-29(32-19-21)34-11-9-22(10-12-34)20-37-27-8-7-25(17-26(27)30)23-3-5-24(6-4-23)28(35)33-13-15-36-16-14-33/h3,7-8,17-19,22,24H,2,4-6,9-16,20H2,1H3. The summed E-state index contributed by atoms with van der Waals surface area (Å²) >= 11 is 0. The Morgan fingerprint density at radius 2 is 1.86 bits per heavy atom. The lowest BCUT2D eigenvalue weighted by molar-refractivity contribution is -0.139. The second kappa shape index (κ2) is 12.0. The van der Waals surface area contributed by atoms with Crippen molar-refractivity contribution >= 4 is 17.4 Å². The molecule has 198 valence electrons. The number of carbonyl (C=O) groups is 1. The average Bonchev–Trinajstić information content (AvgIpc) is 2.97. The van der Waals surface area contributed by atoms with Gasteiger partial charge >= 0.3 is 0 Å². The molecular formula is C29H37FN4O3. The summed E-state index contributed by atoms with van der Waals surface area (Å²) in [5, 5.41) is 0. The maximum Gasteiger partial charge on any atom is 0.226 e. The van der Waals surface area contributed by atoms with Crippen molar-refractivity contribution in [1.29, 1.82) is 0 Å². The number of hydrogen-bond donors (Lipinski definition) is 0. The minimum atomic E-state index is -0.327. The lowest BCUT2D eigenvalue weighted by atomic mass is 9.85. The fraction of sp³-hybridized carbons (Fsp3) is 0.552. The van der Waals surface area contributed by atoms with E-state index >= 15 is 0 Å². The first-order valence-electron chi connectivity index (χ1n) is 13.6. The average molecular weight is 509 g/mol. The van der Waals surface area contributed by atoms with Crippen molar-refractivity contribution in [2.45, 2.75) is 45.4 Å². The van der Waals surface area contributed by atoms with E-state index in [0.717, 1.165) is 67.8 Å². The maximum absolute atomic E-state index is 14.9. The van der Waals surface area contributed by atoms with Gasteiger partial charge in [-0.25, -0.2) is 14.4 Å². The van der Waals surface area contributed by atoms with Crippen LogP contribution in [-0.4, -0.2) is 66.8 Å². The van der Waals surface area contributed by atoms with Gasteiger partial charge in [-0.1, -0.05) is 19.1 Å². The first kappa shape index (κ1) is 25.6. The normalized spacial score (nSPS) is 21.0. The van der Waals surface area contributed by atoms with E-state index in [0.29, 0.717) is 51.0 Å². The minimum Gasteiger partial charge on any atom is -0.490 e. The van der Waals surface area contributed by atoms with Crippen molar-refractivity contribution in [3.8, 4) is 5.75 Å². The van der Waals surface area contributed by atoms with Crippen molar-refractivity contribution < 1.29 is 18.7 Å². The highest BCUT2D eigenvalue weighted by atomic mass is 19.1. The molecule has 2 saturated heterocycles. The number of carbonyl (C=O) groups excluding carboxylic acids is 1. The van der Waals surface area contributed by atoms with Gasteiger partial charge in [-0.3, -0.25) is 4.79 Å². The third-order valence-electron chi connectivity index (χ3n) is 7.86. The third kappa shape index (κ3) is 6.29. The molecule has 1 amide bonds. The molecule has 2 fully saturated rings. The molecule has 1 atom stereocenters. The van der Waals surface area contributed by atoms with E-state index in [1.54, 1.807) is 12.1 Å². The van der Waals surface area contributed by atoms with Crippen molar-refractivity contribution in [1.82, 2.24) is 14.9 Å². The number of halogens is 1. The van der Waals surface area contributed by atoms with E-state index in [9.17, 15) is 9.18 Å². The molecule has 2 aliphatic heterocycles. The molecule has 1 aliphatic carbocycles. The molecule has 3 aliphatic rings. The predicted molar refractivity (Wildman–Crippen MR) is 141 cm³/mol. The highest BCUT2D eigenvalue weighted by Gasteiger charge is 2.28. The van der Waals surface area contributed by atoms with Crippen molar-refractivity contribution in [2.75, 3.05) is 50.9 Å². The van der Waals surface area contributed by atoms with Crippen LogP contribution >= 0.6 is 0 Å². The Kier molecular flexibility index (Phi) is 8.34. The van der Waals surface area contributed by atoms with Gasteiger partial charge in [0, 0.05) is 44.5 Å². The molecule has 8 heteroatoms. The van der Waals surface area contributed by atoms with Gasteiger partial charge in [0.1, 0.15) is 0 Å². The van der Waals surface area contributed by atoms with E-state index in [4.69, 9.17) is 9.47 Å². The molecule has 0 radical (unpaired) electrons. The molecule has 1 aromatic heterocycles. The van der Waals surface area contributed by atoms with Gasteiger partial charge in [0.2, 0.25) is 11.9 Å². The van der Waals surface area contributed by atoms with Crippen LogP contribution in [0.1, 0.15) is 50.2 Å². The molecular weight excluding hydrogens is 471 g/mol. The largest absolute Gasteiger partial charge is 0.490 e. The summed E-state index contributed by atoms with van der Waals surface area (Å²) in [6, 6.07) is 5.26. The van der Waals surface area contributed by atoms with Gasteiger partial charge in [-0.05, 0) is 73.3 Å². The Morgan fingerprint density at radius 1 is 1.11 bits per heavy atom. The molecule has 2 aromatic rings. The van der Waals surface area contributed by atoms with Crippen LogP contribution < -0.4 is 9.64 Å². The van der Waals surface area contributed by atoms with E-state index in [1.807, 2.05) is 23.4 Å². The van der Waals surface area contributed by atoms with Crippen molar-refractivity contribution in [2.24, 2.45) is 11.8 Å². The number of anilines is 1. The molecule has 7 nitrogen and oxygen atoms in total. The van der Waals surface area contributed by atoms with Gasteiger partial charge in [-0.2, -0.15) is 0 Å². The Hall–Kier alpha value is -3.00. The Morgan fingerprint density at radius 3 is 2.51 bits per heavy atom. The fourth-order valence-corrected chi connectivity index (χ4v) is 5.38. The van der Waals surface area contributed by atoms with E-state index in [-0.39, 0.29) is 17.6 Å². The van der Waals surface area contributed by atoms with Gasteiger partial charge in [-0.15, -0.1) is 0 Å². The zero-order chi connectivity index (χ0) is 25.6. The highest BCUT2D eigenvalue weighted by Crippen LogP contribution is 2.33. The number of ether oxygens (including phenoxy) is 2. The van der Waals surface area contributed by atoms with Crippen LogP contribution in [0.2, 0.25) is 0 Å². The van der Waals surface area contributed by atoms with Crippen LogP contribution in [0.15, 0.2) is 36.7 Å². The van der Waals surface area contributed by atoms with Crippen LogP contribution in [0.25, 0.3) is 5.57 Å². The monoisotopic (exact) mass is 508 g/mol. The number of amides is 1. The zero-order valence-electron chi connectivity index (χ0n) is 21.7. The molecule has 1 unspecified atom stereocenters. The summed E-state index contributed by atoms with van der Waals surface area (Å²) in [5.74, 6) is 1.39. The van der Waals surface area contributed by atoms with Crippen LogP contribution in [0.3, 0.4) is 0 Å². The SMILES string of the molecule is CCc1cnc(N2CCC(COc3ccc(C4=CCC(C(=O)N5CCOCC5)CC4)cc3F)CC2)nc1. The number of morpholine rings is 1. The van der Waals surface area contributed by atoms with E-state index in [1.165, 1.54) is 0 Å². The fourth-order valence-electron chi connectivity index (χ4n) is 5.38. The lowest BCUT2D eigenvalue weighted by Gasteiger charge is -2.32. The highest BCUT2D eigenvalue weighted by molar-refractivity contribution is 5.81. The summed E-state index contributed by atoms with van der Waals surface area (Å²) in [6.07, 6.45) is 11.1. The van der Waals surface area contributed by atoms with Crippen LogP contribution in [-0.2, 0) is 16.0 Å². The molecule has 1 aromatic carbocycles. The first-order chi connectivity index (χ1) is 18.1. The maximum atomic E-state index is 14.9. The number of allylic oxidation sites excluding steroid dienone is 2. The number of aryl methyl sites for hydroxylation is 1. The summed E-state index contributed by atoms with van der Waals surface area (Å²) in [4.78, 5) is 25.9. The smallest absolute Gasteiger partial charge is 0.226 e. The Labute approximate surface area is 218 Å². The second-order valence-electron chi connectivity index (χ2n) is 10.3. The number of piperidine rings is 1. The lowest BCUT2D eigenvalue weighted by Crippen LogP contribution is -2.44. The van der Waals surface area contributed by atoms with E-state index in [2.05, 4.69) is 27.9 Å². The van der Waals surface area contributed by atoms with Gasteiger partial charge in [0.15, 0.2) is 11.6 Å². The molecule has 0 bridgehead atoms. The molecule has 5 rings (SSSR count). The topological polar surface area (TPSA) is 67.8 Å². The molecule has 37 heavy (non-hydrogen) atoms. The predicted octanol–water partition coefficient (Wildman–Crippen LogP) is 4.52. The molecule has 0 saturated carbocycles. The number of aromatic nitrogens is 2. The quantitative estimate of drug-likeness (QED) is 0.548. The minimum absolute atomic E-state index is 0.0167. The summed E-state index contributed by atoms with van der Waals surface area (Å²) in [5.41, 5.74) is 3.13. The van der Waals surface area contributed by atoms with Crippen molar-refractivity contribution in [3.63, 3.8) is 0 Å². The first-order valence-corrected chi connectivity index (χ1v) is 13.6. The van der Waals surface area contributed by atoms with Gasteiger partial charge in [0.05, 0.1) is 19.8 Å². The molecule has 0 N–H and O–H groups in total. The second-order valence-corrected chi connectivity index (χ2v) is 10.3. The van der Waals surface area contributed by atoms with Crippen LogP contribution in [0, 0.1) is 17.7 Å². The number of hydrogen-bond acceptors (Lipinski definition) is 6. The van der Waals surface area contributed by atoms with Crippen LogP contribution in [0.4, 0.5) is 10.3 Å². The van der Waals surface area contributed by atoms with Gasteiger partial charge < -0.3 is 19.3 Å². The van der Waals surface area contributed by atoms with Crippen LogP contribution in [0.5, 0.6) is 5.75 Å². The third-order valence-corrected chi connectivity index (χ3v) is 7.86. The molecule has 3 heterocycles. The van der Waals surface area contributed by atoms with Crippen molar-refractivity contribution in [3.05, 3.63) is 53.6 Å². The summed E-state index contributed by atoms with van der Waals surface area (Å²) in [6.45, 7) is 6.96.